The van der Waals surface area contributed by atoms with Crippen LogP contribution in [0.4, 0.5) is 0 Å². The minimum Gasteiger partial charge on any atom is -0.493 e. The van der Waals surface area contributed by atoms with Crippen LogP contribution in [0.3, 0.4) is 0 Å². The average Bonchev–Trinajstić information content (AvgIpc) is 2.93. The summed E-state index contributed by atoms with van der Waals surface area (Å²) in [6, 6.07) is 3.97. The summed E-state index contributed by atoms with van der Waals surface area (Å²) < 4.78 is 16.1. The number of nitrogens with one attached hydrogen (secondary N) is 1. The summed E-state index contributed by atoms with van der Waals surface area (Å²) in [6.45, 7) is 2.31. The lowest BCUT2D eigenvalue weighted by Gasteiger charge is -2.09. The van der Waals surface area contributed by atoms with Gasteiger partial charge in [-0.3, -0.25) is 0 Å². The van der Waals surface area contributed by atoms with E-state index in [4.69, 9.17) is 19.3 Å². The van der Waals surface area contributed by atoms with Crippen molar-refractivity contribution in [3.8, 4) is 17.2 Å². The van der Waals surface area contributed by atoms with Crippen LogP contribution in [-0.2, 0) is 6.54 Å². The summed E-state index contributed by atoms with van der Waals surface area (Å²) in [7, 11) is 1.63. The molecule has 0 bridgehead atoms. The summed E-state index contributed by atoms with van der Waals surface area (Å²) >= 11 is 0. The monoisotopic (exact) mass is 281 g/mol. The van der Waals surface area contributed by atoms with Crippen molar-refractivity contribution in [2.24, 2.45) is 0 Å². The molecule has 5 nitrogen and oxygen atoms in total. The van der Waals surface area contributed by atoms with Crippen LogP contribution in [0.15, 0.2) is 12.1 Å². The number of rotatable bonds is 9. The Morgan fingerprint density at radius 3 is 2.85 bits per heavy atom. The molecule has 2 rings (SSSR count). The van der Waals surface area contributed by atoms with Crippen molar-refractivity contribution >= 4 is 0 Å². The smallest absolute Gasteiger partial charge is 0.231 e. The maximum absolute atomic E-state index is 8.69. The number of methoxy groups -OCH3 is 1. The molecule has 0 spiro atoms. The highest BCUT2D eigenvalue weighted by Gasteiger charge is 2.19. The molecular weight excluding hydrogens is 258 g/mol. The number of ether oxygens (including phenoxy) is 3. The average molecular weight is 281 g/mol. The van der Waals surface area contributed by atoms with Gasteiger partial charge in [0.05, 0.1) is 7.11 Å². The maximum Gasteiger partial charge on any atom is 0.231 e. The van der Waals surface area contributed by atoms with Crippen molar-refractivity contribution in [3.63, 3.8) is 0 Å². The van der Waals surface area contributed by atoms with Crippen LogP contribution in [0.5, 0.6) is 17.2 Å². The van der Waals surface area contributed by atoms with Crippen molar-refractivity contribution in [1.29, 1.82) is 0 Å². The molecule has 1 heterocycles. The fraction of sp³-hybridized carbons (Fsp3) is 0.600. The summed E-state index contributed by atoms with van der Waals surface area (Å²) in [5, 5.41) is 12.1. The topological polar surface area (TPSA) is 60.0 Å². The van der Waals surface area contributed by atoms with E-state index in [0.717, 1.165) is 55.8 Å². The van der Waals surface area contributed by atoms with E-state index in [-0.39, 0.29) is 6.79 Å². The van der Waals surface area contributed by atoms with Crippen molar-refractivity contribution in [1.82, 2.24) is 5.32 Å². The van der Waals surface area contributed by atoms with Gasteiger partial charge in [-0.05, 0) is 37.1 Å². The Labute approximate surface area is 119 Å². The number of hydrogen-bond acceptors (Lipinski definition) is 5. The van der Waals surface area contributed by atoms with Crippen LogP contribution >= 0.6 is 0 Å². The van der Waals surface area contributed by atoms with Crippen molar-refractivity contribution in [2.75, 3.05) is 27.1 Å². The maximum atomic E-state index is 8.69. The molecule has 0 atom stereocenters. The van der Waals surface area contributed by atoms with Gasteiger partial charge in [0.15, 0.2) is 11.5 Å². The first-order valence-electron chi connectivity index (χ1n) is 7.13. The highest BCUT2D eigenvalue weighted by atomic mass is 16.7. The summed E-state index contributed by atoms with van der Waals surface area (Å²) in [4.78, 5) is 0. The molecule has 0 amide bonds. The Morgan fingerprint density at radius 1 is 1.20 bits per heavy atom. The first kappa shape index (κ1) is 14.9. The van der Waals surface area contributed by atoms with E-state index in [0.29, 0.717) is 12.4 Å². The van der Waals surface area contributed by atoms with E-state index >= 15 is 0 Å². The van der Waals surface area contributed by atoms with Crippen LogP contribution in [0, 0.1) is 0 Å². The Bertz CT molecular complexity index is 423. The second kappa shape index (κ2) is 7.97. The first-order valence-corrected chi connectivity index (χ1v) is 7.13. The van der Waals surface area contributed by atoms with Crippen molar-refractivity contribution in [3.05, 3.63) is 17.7 Å². The molecule has 0 aromatic heterocycles. The third-order valence-corrected chi connectivity index (χ3v) is 3.31. The van der Waals surface area contributed by atoms with Crippen LogP contribution < -0.4 is 19.5 Å². The lowest BCUT2D eigenvalue weighted by atomic mass is 10.1. The number of unbranched alkanes of at least 4 members (excludes halogenated alkanes) is 3. The summed E-state index contributed by atoms with van der Waals surface area (Å²) in [5.41, 5.74) is 1.13. The zero-order valence-corrected chi connectivity index (χ0v) is 12.0. The van der Waals surface area contributed by atoms with Gasteiger partial charge in [0.2, 0.25) is 12.5 Å². The van der Waals surface area contributed by atoms with Gasteiger partial charge in [-0.15, -0.1) is 0 Å². The molecule has 1 aromatic carbocycles. The lowest BCUT2D eigenvalue weighted by molar-refractivity contribution is 0.171. The molecule has 1 aliphatic rings. The highest BCUT2D eigenvalue weighted by molar-refractivity contribution is 5.55. The fourth-order valence-corrected chi connectivity index (χ4v) is 2.23. The number of aliphatic hydroxyl groups excluding tert-OH is 1. The van der Waals surface area contributed by atoms with Gasteiger partial charge in [-0.1, -0.05) is 12.8 Å². The predicted octanol–water partition coefficient (Wildman–Crippen LogP) is 2.07. The molecule has 0 aliphatic carbocycles. The standard InChI is InChI=1S/C15H23NO4/c1-18-13-8-12(9-14-15(13)20-11-19-14)10-16-6-4-2-3-5-7-17/h8-9,16-17H,2-7,10-11H2,1H3. The fourth-order valence-electron chi connectivity index (χ4n) is 2.23. The van der Waals surface area contributed by atoms with Gasteiger partial charge in [0, 0.05) is 13.2 Å². The van der Waals surface area contributed by atoms with Crippen LogP contribution in [0.2, 0.25) is 0 Å². The molecular formula is C15H23NO4. The Morgan fingerprint density at radius 2 is 2.05 bits per heavy atom. The molecule has 112 valence electrons. The van der Waals surface area contributed by atoms with E-state index in [1.54, 1.807) is 7.11 Å². The van der Waals surface area contributed by atoms with Gasteiger partial charge in [-0.25, -0.2) is 0 Å². The molecule has 0 radical (unpaired) electrons. The molecule has 20 heavy (non-hydrogen) atoms. The Kier molecular flexibility index (Phi) is 5.95. The summed E-state index contributed by atoms with van der Waals surface area (Å²) in [6.07, 6.45) is 4.27. The first-order chi connectivity index (χ1) is 9.85. The van der Waals surface area contributed by atoms with E-state index in [1.807, 2.05) is 12.1 Å². The van der Waals surface area contributed by atoms with Gasteiger partial charge >= 0.3 is 0 Å². The van der Waals surface area contributed by atoms with Gasteiger partial charge in [0.1, 0.15) is 0 Å². The Balaban J connectivity index is 1.76. The largest absolute Gasteiger partial charge is 0.493 e. The molecule has 0 saturated carbocycles. The second-order valence-corrected chi connectivity index (χ2v) is 4.85. The highest BCUT2D eigenvalue weighted by Crippen LogP contribution is 2.41. The quantitative estimate of drug-likeness (QED) is 0.679. The number of fused-ring (bicyclic) bond motifs is 1. The predicted molar refractivity (Wildman–Crippen MR) is 76.4 cm³/mol. The van der Waals surface area contributed by atoms with Gasteiger partial charge in [-0.2, -0.15) is 0 Å². The van der Waals surface area contributed by atoms with E-state index in [9.17, 15) is 0 Å². The van der Waals surface area contributed by atoms with Crippen molar-refractivity contribution < 1.29 is 19.3 Å². The molecule has 0 fully saturated rings. The zero-order chi connectivity index (χ0) is 14.2. The van der Waals surface area contributed by atoms with Crippen molar-refractivity contribution in [2.45, 2.75) is 32.2 Å². The molecule has 2 N–H and O–H groups in total. The lowest BCUT2D eigenvalue weighted by Crippen LogP contribution is -2.14. The molecule has 1 aliphatic heterocycles. The number of hydrogen-bond donors (Lipinski definition) is 2. The molecule has 0 saturated heterocycles. The molecule has 5 heteroatoms. The zero-order valence-electron chi connectivity index (χ0n) is 12.0. The Hall–Kier alpha value is -1.46. The SMILES string of the molecule is COc1cc(CNCCCCCCO)cc2c1OCO2. The van der Waals surface area contributed by atoms with Gasteiger partial charge in [0.25, 0.3) is 0 Å². The van der Waals surface area contributed by atoms with Crippen LogP contribution in [0.1, 0.15) is 31.2 Å². The molecule has 1 aromatic rings. The minimum absolute atomic E-state index is 0.257. The second-order valence-electron chi connectivity index (χ2n) is 4.85. The number of benzene rings is 1. The minimum atomic E-state index is 0.257. The summed E-state index contributed by atoms with van der Waals surface area (Å²) in [5.74, 6) is 2.17. The number of aliphatic hydroxyl groups is 1. The molecule has 0 unspecified atom stereocenters. The van der Waals surface area contributed by atoms with E-state index in [2.05, 4.69) is 5.32 Å². The van der Waals surface area contributed by atoms with Gasteiger partial charge < -0.3 is 24.6 Å². The van der Waals surface area contributed by atoms with Crippen LogP contribution in [-0.4, -0.2) is 32.2 Å². The normalized spacial score (nSPS) is 12.7. The third kappa shape index (κ3) is 4.02. The van der Waals surface area contributed by atoms with E-state index < -0.39 is 0 Å². The van der Waals surface area contributed by atoms with Crippen LogP contribution in [0.25, 0.3) is 0 Å². The van der Waals surface area contributed by atoms with E-state index in [1.165, 1.54) is 0 Å². The third-order valence-electron chi connectivity index (χ3n) is 3.31.